The van der Waals surface area contributed by atoms with E-state index in [2.05, 4.69) is 16.2 Å². The number of benzene rings is 1. The van der Waals surface area contributed by atoms with E-state index in [0.29, 0.717) is 0 Å². The van der Waals surface area contributed by atoms with Crippen LogP contribution in [-0.2, 0) is 4.79 Å². The van der Waals surface area contributed by atoms with E-state index in [1.807, 2.05) is 36.4 Å². The van der Waals surface area contributed by atoms with Gasteiger partial charge in [-0.2, -0.15) is 5.26 Å². The van der Waals surface area contributed by atoms with Gasteiger partial charge in [0.1, 0.15) is 23.0 Å². The SMILES string of the molecule is Cc1oc(-n2cccc2)c(C#N)c1C(=O)NNC(=O)CNc1ccccc1. The molecule has 0 radical (unpaired) electrons. The van der Waals surface area contributed by atoms with Crippen molar-refractivity contribution in [3.63, 3.8) is 0 Å². The van der Waals surface area contributed by atoms with Gasteiger partial charge in [-0.1, -0.05) is 18.2 Å². The van der Waals surface area contributed by atoms with Crippen molar-refractivity contribution in [2.45, 2.75) is 6.92 Å². The van der Waals surface area contributed by atoms with Crippen molar-refractivity contribution in [1.82, 2.24) is 15.4 Å². The van der Waals surface area contributed by atoms with E-state index in [9.17, 15) is 14.9 Å². The van der Waals surface area contributed by atoms with Crippen LogP contribution >= 0.6 is 0 Å². The number of furan rings is 1. The van der Waals surface area contributed by atoms with Crippen LogP contribution in [0, 0.1) is 18.3 Å². The Kier molecular flexibility index (Phi) is 5.23. The van der Waals surface area contributed by atoms with Gasteiger partial charge in [-0.3, -0.25) is 25.0 Å². The summed E-state index contributed by atoms with van der Waals surface area (Å²) in [6.07, 6.45) is 3.41. The monoisotopic (exact) mass is 363 g/mol. The fourth-order valence-electron chi connectivity index (χ4n) is 2.53. The number of aromatic nitrogens is 1. The molecule has 0 unspecified atom stereocenters. The average Bonchev–Trinajstić information content (AvgIpc) is 3.32. The number of para-hydroxylation sites is 1. The Balaban J connectivity index is 1.64. The third-order valence-electron chi connectivity index (χ3n) is 3.79. The van der Waals surface area contributed by atoms with Crippen LogP contribution in [0.15, 0.2) is 59.3 Å². The molecule has 0 aliphatic heterocycles. The molecular weight excluding hydrogens is 346 g/mol. The van der Waals surface area contributed by atoms with E-state index >= 15 is 0 Å². The van der Waals surface area contributed by atoms with Gasteiger partial charge in [0.05, 0.1) is 6.54 Å². The Morgan fingerprint density at radius 2 is 1.81 bits per heavy atom. The maximum Gasteiger partial charge on any atom is 0.274 e. The summed E-state index contributed by atoms with van der Waals surface area (Å²) in [5, 5.41) is 12.4. The number of carbonyl (C=O) groups excluding carboxylic acids is 2. The maximum absolute atomic E-state index is 12.4. The van der Waals surface area contributed by atoms with Crippen molar-refractivity contribution in [2.75, 3.05) is 11.9 Å². The molecule has 0 aliphatic rings. The summed E-state index contributed by atoms with van der Waals surface area (Å²) in [5.74, 6) is -0.525. The molecule has 0 atom stereocenters. The lowest BCUT2D eigenvalue weighted by Crippen LogP contribution is -2.44. The van der Waals surface area contributed by atoms with Gasteiger partial charge >= 0.3 is 0 Å². The minimum atomic E-state index is -0.626. The fourth-order valence-corrected chi connectivity index (χ4v) is 2.53. The highest BCUT2D eigenvalue weighted by molar-refractivity contribution is 5.99. The molecule has 2 heterocycles. The third kappa shape index (κ3) is 3.99. The van der Waals surface area contributed by atoms with Gasteiger partial charge in [-0.15, -0.1) is 0 Å². The summed E-state index contributed by atoms with van der Waals surface area (Å²) in [6, 6.07) is 14.7. The Hall–Kier alpha value is -3.99. The van der Waals surface area contributed by atoms with Crippen molar-refractivity contribution in [2.24, 2.45) is 0 Å². The lowest BCUT2D eigenvalue weighted by atomic mass is 10.1. The predicted molar refractivity (Wildman–Crippen MR) is 98.0 cm³/mol. The second kappa shape index (κ2) is 7.93. The molecule has 3 N–H and O–H groups in total. The molecule has 3 rings (SSSR count). The number of hydrogen-bond donors (Lipinski definition) is 3. The smallest absolute Gasteiger partial charge is 0.274 e. The number of hydrogen-bond acceptors (Lipinski definition) is 5. The van der Waals surface area contributed by atoms with Gasteiger partial charge in [-0.25, -0.2) is 0 Å². The summed E-state index contributed by atoms with van der Waals surface area (Å²) in [7, 11) is 0. The summed E-state index contributed by atoms with van der Waals surface area (Å²) < 4.78 is 7.17. The van der Waals surface area contributed by atoms with Crippen molar-refractivity contribution < 1.29 is 14.0 Å². The maximum atomic E-state index is 12.4. The number of nitriles is 1. The highest BCUT2D eigenvalue weighted by Gasteiger charge is 2.24. The first-order valence-corrected chi connectivity index (χ1v) is 8.15. The predicted octanol–water partition coefficient (Wildman–Crippen LogP) is 2.12. The van der Waals surface area contributed by atoms with E-state index in [-0.39, 0.29) is 29.3 Å². The molecule has 0 saturated heterocycles. The molecule has 8 nitrogen and oxygen atoms in total. The van der Waals surface area contributed by atoms with E-state index in [1.165, 1.54) is 0 Å². The number of nitrogens with one attached hydrogen (secondary N) is 3. The zero-order valence-corrected chi connectivity index (χ0v) is 14.5. The lowest BCUT2D eigenvalue weighted by Gasteiger charge is -2.09. The number of hydrazine groups is 1. The minimum absolute atomic E-state index is 0.0195. The molecular formula is C19H17N5O3. The fraction of sp³-hybridized carbons (Fsp3) is 0.105. The third-order valence-corrected chi connectivity index (χ3v) is 3.79. The zero-order valence-electron chi connectivity index (χ0n) is 14.5. The van der Waals surface area contributed by atoms with Crippen molar-refractivity contribution >= 4 is 17.5 Å². The molecule has 27 heavy (non-hydrogen) atoms. The van der Waals surface area contributed by atoms with Gasteiger partial charge in [0.25, 0.3) is 11.8 Å². The largest absolute Gasteiger partial charge is 0.443 e. The molecule has 0 fully saturated rings. The zero-order chi connectivity index (χ0) is 19.2. The first-order chi connectivity index (χ1) is 13.1. The summed E-state index contributed by atoms with van der Waals surface area (Å²) in [5.41, 5.74) is 5.59. The molecule has 2 amide bonds. The topological polar surface area (TPSA) is 112 Å². The lowest BCUT2D eigenvalue weighted by molar-refractivity contribution is -0.120. The average molecular weight is 363 g/mol. The van der Waals surface area contributed by atoms with Crippen LogP contribution in [0.5, 0.6) is 0 Å². The molecule has 0 saturated carbocycles. The molecule has 0 spiro atoms. The highest BCUT2D eigenvalue weighted by atomic mass is 16.4. The van der Waals surface area contributed by atoms with Crippen molar-refractivity contribution in [1.29, 1.82) is 5.26 Å². The second-order valence-corrected chi connectivity index (χ2v) is 5.64. The number of amides is 2. The molecule has 2 aromatic heterocycles. The van der Waals surface area contributed by atoms with Crippen LogP contribution < -0.4 is 16.2 Å². The minimum Gasteiger partial charge on any atom is -0.443 e. The van der Waals surface area contributed by atoms with Crippen LogP contribution in [0.2, 0.25) is 0 Å². The standard InChI is InChI=1S/C19H17N5O3/c1-13-17(15(11-20)19(27-13)24-9-5-6-10-24)18(26)23-22-16(25)12-21-14-7-3-2-4-8-14/h2-10,21H,12H2,1H3,(H,22,25)(H,23,26). The summed E-state index contributed by atoms with van der Waals surface area (Å²) in [4.78, 5) is 24.3. The van der Waals surface area contributed by atoms with Gasteiger partial charge in [0, 0.05) is 18.1 Å². The van der Waals surface area contributed by atoms with Crippen LogP contribution in [0.3, 0.4) is 0 Å². The van der Waals surface area contributed by atoms with Crippen LogP contribution in [-0.4, -0.2) is 22.9 Å². The Morgan fingerprint density at radius 1 is 1.11 bits per heavy atom. The first kappa shape index (κ1) is 17.8. The first-order valence-electron chi connectivity index (χ1n) is 8.15. The van der Waals surface area contributed by atoms with Crippen LogP contribution in [0.1, 0.15) is 21.7 Å². The van der Waals surface area contributed by atoms with E-state index in [4.69, 9.17) is 4.42 Å². The van der Waals surface area contributed by atoms with E-state index in [0.717, 1.165) is 5.69 Å². The van der Waals surface area contributed by atoms with Gasteiger partial charge in [0.2, 0.25) is 5.88 Å². The summed E-state index contributed by atoms with van der Waals surface area (Å²) >= 11 is 0. The number of anilines is 1. The van der Waals surface area contributed by atoms with E-state index < -0.39 is 11.8 Å². The van der Waals surface area contributed by atoms with Crippen LogP contribution in [0.4, 0.5) is 5.69 Å². The molecule has 8 heteroatoms. The number of aryl methyl sites for hydroxylation is 1. The second-order valence-electron chi connectivity index (χ2n) is 5.64. The quantitative estimate of drug-likeness (QED) is 0.601. The number of carbonyl (C=O) groups is 2. The van der Waals surface area contributed by atoms with Gasteiger partial charge in [0.15, 0.2) is 0 Å². The molecule has 136 valence electrons. The highest BCUT2D eigenvalue weighted by Crippen LogP contribution is 2.25. The van der Waals surface area contributed by atoms with E-state index in [1.54, 1.807) is 36.0 Å². The Bertz CT molecular complexity index is 985. The number of nitrogens with zero attached hydrogens (tertiary/aromatic N) is 2. The van der Waals surface area contributed by atoms with Crippen LogP contribution in [0.25, 0.3) is 5.88 Å². The van der Waals surface area contributed by atoms with Crippen molar-refractivity contribution in [3.05, 3.63) is 71.7 Å². The molecule has 3 aromatic rings. The summed E-state index contributed by atoms with van der Waals surface area (Å²) in [6.45, 7) is 1.57. The molecule has 0 bridgehead atoms. The Morgan fingerprint density at radius 3 is 2.48 bits per heavy atom. The van der Waals surface area contributed by atoms with Gasteiger partial charge < -0.3 is 9.73 Å². The normalized spacial score (nSPS) is 10.1. The Labute approximate surface area is 155 Å². The van der Waals surface area contributed by atoms with Gasteiger partial charge in [-0.05, 0) is 31.2 Å². The molecule has 1 aromatic carbocycles. The number of rotatable bonds is 5. The van der Waals surface area contributed by atoms with Crippen molar-refractivity contribution in [3.8, 4) is 12.0 Å². The molecule has 0 aliphatic carbocycles.